The maximum Gasteiger partial charge on any atom is 0.116 e. The third-order valence-corrected chi connectivity index (χ3v) is 2.06. The monoisotopic (exact) mass is 220 g/mol. The summed E-state index contributed by atoms with van der Waals surface area (Å²) in [6, 6.07) is 10.4. The number of benzene rings is 1. The highest BCUT2D eigenvalue weighted by Gasteiger charge is 1.92. The van der Waals surface area contributed by atoms with Crippen molar-refractivity contribution in [2.24, 2.45) is 0 Å². The normalized spacial score (nSPS) is 8.88. The molecule has 0 aliphatic rings. The van der Waals surface area contributed by atoms with Gasteiger partial charge in [-0.05, 0) is 24.3 Å². The van der Waals surface area contributed by atoms with Crippen molar-refractivity contribution in [3.63, 3.8) is 0 Å². The molecule has 0 aliphatic carbocycles. The number of phenols is 1. The number of aromatic hydroxyl groups is 1. The third-order valence-electron chi connectivity index (χ3n) is 2.06. The molecule has 0 amide bonds. The molecule has 0 aliphatic heterocycles. The number of pyridine rings is 1. The van der Waals surface area contributed by atoms with Gasteiger partial charge in [-0.1, -0.05) is 17.9 Å². The number of rotatable bonds is 0. The van der Waals surface area contributed by atoms with Crippen molar-refractivity contribution >= 4 is 0 Å². The van der Waals surface area contributed by atoms with Crippen LogP contribution in [0.3, 0.4) is 0 Å². The van der Waals surface area contributed by atoms with E-state index in [1.54, 1.807) is 36.5 Å². The molecule has 3 nitrogen and oxygen atoms in total. The molecule has 0 unspecified atom stereocenters. The van der Waals surface area contributed by atoms with E-state index >= 15 is 0 Å². The number of aromatic nitrogens is 1. The fraction of sp³-hybridized carbons (Fsp3) is 0. The van der Waals surface area contributed by atoms with Gasteiger partial charge in [0.05, 0.1) is 5.56 Å². The highest BCUT2D eigenvalue weighted by atomic mass is 16.3. The Morgan fingerprint density at radius 2 is 1.76 bits per heavy atom. The molecule has 1 heterocycles. The molecular formula is C14H8N2O. The summed E-state index contributed by atoms with van der Waals surface area (Å²) in [4.78, 5) is 3.91. The lowest BCUT2D eigenvalue weighted by Crippen LogP contribution is -1.82. The van der Waals surface area contributed by atoms with Gasteiger partial charge in [-0.2, -0.15) is 5.26 Å². The van der Waals surface area contributed by atoms with Crippen molar-refractivity contribution in [2.45, 2.75) is 0 Å². The van der Waals surface area contributed by atoms with Crippen LogP contribution in [0.15, 0.2) is 42.7 Å². The van der Waals surface area contributed by atoms with Gasteiger partial charge in [-0.25, -0.2) is 0 Å². The fourth-order valence-electron chi connectivity index (χ4n) is 1.30. The SMILES string of the molecule is N#Cc1cncc(C#Cc2cccc(O)c2)c1. The minimum Gasteiger partial charge on any atom is -0.508 e. The molecule has 2 rings (SSSR count). The molecule has 3 heteroatoms. The zero-order chi connectivity index (χ0) is 12.1. The average molecular weight is 220 g/mol. The van der Waals surface area contributed by atoms with Crippen LogP contribution in [-0.4, -0.2) is 10.1 Å². The lowest BCUT2D eigenvalue weighted by atomic mass is 10.2. The first-order valence-electron chi connectivity index (χ1n) is 4.94. The minimum atomic E-state index is 0.181. The van der Waals surface area contributed by atoms with Crippen molar-refractivity contribution in [3.8, 4) is 23.7 Å². The molecule has 2 aromatic rings. The van der Waals surface area contributed by atoms with Crippen LogP contribution in [-0.2, 0) is 0 Å². The Labute approximate surface area is 99.0 Å². The van der Waals surface area contributed by atoms with Gasteiger partial charge in [0, 0.05) is 23.5 Å². The summed E-state index contributed by atoms with van der Waals surface area (Å²) in [7, 11) is 0. The predicted octanol–water partition coefficient (Wildman–Crippen LogP) is 2.06. The summed E-state index contributed by atoms with van der Waals surface area (Å²) < 4.78 is 0. The van der Waals surface area contributed by atoms with Crippen LogP contribution in [0.25, 0.3) is 0 Å². The van der Waals surface area contributed by atoms with Gasteiger partial charge in [0.15, 0.2) is 0 Å². The Kier molecular flexibility index (Phi) is 3.05. The van der Waals surface area contributed by atoms with Crippen LogP contribution in [0.5, 0.6) is 5.75 Å². The largest absolute Gasteiger partial charge is 0.508 e. The summed E-state index contributed by atoms with van der Waals surface area (Å²) in [6.07, 6.45) is 3.08. The zero-order valence-electron chi connectivity index (χ0n) is 8.88. The van der Waals surface area contributed by atoms with Crippen LogP contribution < -0.4 is 0 Å². The molecule has 0 saturated carbocycles. The summed E-state index contributed by atoms with van der Waals surface area (Å²) in [5.41, 5.74) is 1.87. The van der Waals surface area contributed by atoms with Crippen LogP contribution in [0.1, 0.15) is 16.7 Å². The van der Waals surface area contributed by atoms with Crippen LogP contribution >= 0.6 is 0 Å². The molecule has 1 aromatic carbocycles. The van der Waals surface area contributed by atoms with E-state index in [1.807, 2.05) is 6.07 Å². The number of phenolic OH excluding ortho intramolecular Hbond substituents is 1. The van der Waals surface area contributed by atoms with Crippen molar-refractivity contribution in [2.75, 3.05) is 0 Å². The van der Waals surface area contributed by atoms with E-state index in [0.717, 1.165) is 0 Å². The number of hydrogen-bond acceptors (Lipinski definition) is 3. The van der Waals surface area contributed by atoms with E-state index < -0.39 is 0 Å². The Hall–Kier alpha value is -2.78. The molecule has 1 aromatic heterocycles. The molecule has 0 saturated heterocycles. The van der Waals surface area contributed by atoms with Gasteiger partial charge in [0.1, 0.15) is 11.8 Å². The van der Waals surface area contributed by atoms with Gasteiger partial charge in [0.25, 0.3) is 0 Å². The Morgan fingerprint density at radius 3 is 2.53 bits per heavy atom. The lowest BCUT2D eigenvalue weighted by Gasteiger charge is -1.92. The van der Waals surface area contributed by atoms with Gasteiger partial charge >= 0.3 is 0 Å². The molecule has 0 spiro atoms. The second kappa shape index (κ2) is 4.83. The molecule has 17 heavy (non-hydrogen) atoms. The lowest BCUT2D eigenvalue weighted by molar-refractivity contribution is 0.475. The van der Waals surface area contributed by atoms with Crippen molar-refractivity contribution in [1.29, 1.82) is 5.26 Å². The second-order valence-electron chi connectivity index (χ2n) is 3.37. The van der Waals surface area contributed by atoms with Gasteiger partial charge < -0.3 is 5.11 Å². The van der Waals surface area contributed by atoms with E-state index in [1.165, 1.54) is 6.20 Å². The van der Waals surface area contributed by atoms with Gasteiger partial charge in [-0.15, -0.1) is 0 Å². The minimum absolute atomic E-state index is 0.181. The van der Waals surface area contributed by atoms with Crippen molar-refractivity contribution in [3.05, 3.63) is 59.4 Å². The second-order valence-corrected chi connectivity index (χ2v) is 3.37. The molecule has 0 atom stereocenters. The number of nitriles is 1. The van der Waals surface area contributed by atoms with Crippen LogP contribution in [0.2, 0.25) is 0 Å². The molecule has 0 radical (unpaired) electrons. The first-order chi connectivity index (χ1) is 8.28. The van der Waals surface area contributed by atoms with Crippen LogP contribution in [0, 0.1) is 23.2 Å². The van der Waals surface area contributed by atoms with E-state index in [2.05, 4.69) is 16.8 Å². The first-order valence-corrected chi connectivity index (χ1v) is 4.94. The zero-order valence-corrected chi connectivity index (χ0v) is 8.88. The molecule has 1 N–H and O–H groups in total. The van der Waals surface area contributed by atoms with Gasteiger partial charge in [-0.3, -0.25) is 4.98 Å². The average Bonchev–Trinajstić information content (AvgIpc) is 2.37. The van der Waals surface area contributed by atoms with Crippen molar-refractivity contribution < 1.29 is 5.11 Å². The Bertz CT molecular complexity index is 645. The number of hydrogen-bond donors (Lipinski definition) is 1. The van der Waals surface area contributed by atoms with E-state index in [4.69, 9.17) is 5.26 Å². The van der Waals surface area contributed by atoms with E-state index in [9.17, 15) is 5.11 Å². The van der Waals surface area contributed by atoms with Crippen LogP contribution in [0.4, 0.5) is 0 Å². The first kappa shape index (κ1) is 10.7. The van der Waals surface area contributed by atoms with Crippen molar-refractivity contribution in [1.82, 2.24) is 4.98 Å². The number of nitrogens with zero attached hydrogens (tertiary/aromatic N) is 2. The Morgan fingerprint density at radius 1 is 1.00 bits per heavy atom. The summed E-state index contributed by atoms with van der Waals surface area (Å²) in [6.45, 7) is 0. The Balaban J connectivity index is 2.30. The van der Waals surface area contributed by atoms with Gasteiger partial charge in [0.2, 0.25) is 0 Å². The summed E-state index contributed by atoms with van der Waals surface area (Å²) in [5.74, 6) is 5.96. The predicted molar refractivity (Wildman–Crippen MR) is 63.0 cm³/mol. The summed E-state index contributed by atoms with van der Waals surface area (Å²) in [5, 5.41) is 18.0. The molecular weight excluding hydrogens is 212 g/mol. The maximum absolute atomic E-state index is 9.27. The quantitative estimate of drug-likeness (QED) is 0.691. The highest BCUT2D eigenvalue weighted by Crippen LogP contribution is 2.09. The summed E-state index contributed by atoms with van der Waals surface area (Å²) >= 11 is 0. The standard InChI is InChI=1S/C14H8N2O/c15-8-13-6-12(9-16-10-13)5-4-11-2-1-3-14(17)7-11/h1-3,6-7,9-10,17H. The smallest absolute Gasteiger partial charge is 0.116 e. The van der Waals surface area contributed by atoms with E-state index in [-0.39, 0.29) is 5.75 Å². The third kappa shape index (κ3) is 2.84. The molecule has 0 fully saturated rings. The molecule has 80 valence electrons. The highest BCUT2D eigenvalue weighted by molar-refractivity contribution is 5.45. The van der Waals surface area contributed by atoms with E-state index in [0.29, 0.717) is 16.7 Å². The molecule has 0 bridgehead atoms. The fourth-order valence-corrected chi connectivity index (χ4v) is 1.30. The maximum atomic E-state index is 9.27. The topological polar surface area (TPSA) is 56.9 Å².